The van der Waals surface area contributed by atoms with E-state index in [0.717, 1.165) is 25.7 Å². The van der Waals surface area contributed by atoms with E-state index in [9.17, 15) is 8.78 Å². The van der Waals surface area contributed by atoms with Gasteiger partial charge in [-0.2, -0.15) is 0 Å². The maximum Gasteiger partial charge on any atom is 0.188 e. The summed E-state index contributed by atoms with van der Waals surface area (Å²) in [7, 11) is 0. The zero-order valence-electron chi connectivity index (χ0n) is 12.0. The zero-order valence-corrected chi connectivity index (χ0v) is 12.0. The van der Waals surface area contributed by atoms with Crippen LogP contribution in [-0.2, 0) is 5.41 Å². The SMILES string of the molecule is C=CCNC(N)=NCC1(c2c(F)cccc2F)CCCC1. The maximum atomic E-state index is 14.1. The fourth-order valence-corrected chi connectivity index (χ4v) is 3.01. The van der Waals surface area contributed by atoms with Crippen molar-refractivity contribution >= 4 is 5.96 Å². The van der Waals surface area contributed by atoms with Gasteiger partial charge in [0.1, 0.15) is 11.6 Å². The van der Waals surface area contributed by atoms with E-state index in [2.05, 4.69) is 16.9 Å². The lowest BCUT2D eigenvalue weighted by molar-refractivity contribution is 0.401. The number of rotatable bonds is 5. The topological polar surface area (TPSA) is 50.4 Å². The second kappa shape index (κ2) is 6.70. The van der Waals surface area contributed by atoms with E-state index in [1.807, 2.05) is 0 Å². The number of benzene rings is 1. The fourth-order valence-electron chi connectivity index (χ4n) is 3.01. The van der Waals surface area contributed by atoms with Crippen LogP contribution < -0.4 is 11.1 Å². The predicted octanol–water partition coefficient (Wildman–Crippen LogP) is 2.87. The summed E-state index contributed by atoms with van der Waals surface area (Å²) < 4.78 is 28.3. The first-order valence-electron chi connectivity index (χ1n) is 7.18. The first kappa shape index (κ1) is 15.5. The Morgan fingerprint density at radius 3 is 2.52 bits per heavy atom. The van der Waals surface area contributed by atoms with Gasteiger partial charge in [-0.15, -0.1) is 6.58 Å². The van der Waals surface area contributed by atoms with Crippen LogP contribution in [0, 0.1) is 11.6 Å². The lowest BCUT2D eigenvalue weighted by Crippen LogP contribution is -2.35. The molecule has 114 valence electrons. The van der Waals surface area contributed by atoms with Gasteiger partial charge in [-0.1, -0.05) is 25.0 Å². The number of nitrogens with two attached hydrogens (primary N) is 1. The molecule has 1 aromatic carbocycles. The van der Waals surface area contributed by atoms with Crippen molar-refractivity contribution in [1.29, 1.82) is 0 Å². The monoisotopic (exact) mass is 293 g/mol. The van der Waals surface area contributed by atoms with E-state index in [4.69, 9.17) is 5.73 Å². The van der Waals surface area contributed by atoms with E-state index in [1.165, 1.54) is 18.2 Å². The molecule has 1 aliphatic carbocycles. The Balaban J connectivity index is 2.27. The molecule has 5 heteroatoms. The molecule has 21 heavy (non-hydrogen) atoms. The summed E-state index contributed by atoms with van der Waals surface area (Å²) in [6.07, 6.45) is 5.02. The standard InChI is InChI=1S/C16H21F2N3/c1-2-10-20-15(19)21-11-16(8-3-4-9-16)14-12(17)6-5-7-13(14)18/h2,5-7H,1,3-4,8-11H2,(H3,19,20,21). The minimum atomic E-state index is -0.587. The molecule has 1 aromatic rings. The van der Waals surface area contributed by atoms with Crippen LogP contribution in [0.3, 0.4) is 0 Å². The first-order valence-corrected chi connectivity index (χ1v) is 7.18. The molecule has 0 spiro atoms. The van der Waals surface area contributed by atoms with E-state index >= 15 is 0 Å². The van der Waals surface area contributed by atoms with Crippen molar-refractivity contribution in [2.45, 2.75) is 31.1 Å². The van der Waals surface area contributed by atoms with Crippen LogP contribution in [0.5, 0.6) is 0 Å². The summed E-state index contributed by atoms with van der Waals surface area (Å²) in [6.45, 7) is 4.39. The Hall–Kier alpha value is -1.91. The minimum Gasteiger partial charge on any atom is -0.370 e. The maximum absolute atomic E-state index is 14.1. The summed E-state index contributed by atoms with van der Waals surface area (Å²) in [5, 5.41) is 2.88. The Kier molecular flexibility index (Phi) is 4.94. The summed E-state index contributed by atoms with van der Waals surface area (Å²) in [4.78, 5) is 4.28. The van der Waals surface area contributed by atoms with Gasteiger partial charge >= 0.3 is 0 Å². The highest BCUT2D eigenvalue weighted by atomic mass is 19.1. The van der Waals surface area contributed by atoms with E-state index < -0.39 is 17.0 Å². The average Bonchev–Trinajstić information content (AvgIpc) is 2.92. The summed E-state index contributed by atoms with van der Waals surface area (Å²) >= 11 is 0. The molecular weight excluding hydrogens is 272 g/mol. The van der Waals surface area contributed by atoms with Gasteiger partial charge in [0, 0.05) is 17.5 Å². The number of nitrogens with one attached hydrogen (secondary N) is 1. The molecule has 0 radical (unpaired) electrons. The summed E-state index contributed by atoms with van der Waals surface area (Å²) in [5.41, 5.74) is 5.32. The molecule has 1 fully saturated rings. The van der Waals surface area contributed by atoms with Crippen LogP contribution in [-0.4, -0.2) is 19.0 Å². The van der Waals surface area contributed by atoms with Gasteiger partial charge in [0.2, 0.25) is 0 Å². The smallest absolute Gasteiger partial charge is 0.188 e. The van der Waals surface area contributed by atoms with Crippen molar-refractivity contribution in [2.24, 2.45) is 10.7 Å². The van der Waals surface area contributed by atoms with Crippen molar-refractivity contribution in [3.63, 3.8) is 0 Å². The highest BCUT2D eigenvalue weighted by Gasteiger charge is 2.39. The van der Waals surface area contributed by atoms with E-state index in [-0.39, 0.29) is 11.5 Å². The molecule has 0 saturated heterocycles. The van der Waals surface area contributed by atoms with Crippen LogP contribution in [0.15, 0.2) is 35.8 Å². The van der Waals surface area contributed by atoms with Gasteiger partial charge in [0.05, 0.1) is 6.54 Å². The number of halogens is 2. The van der Waals surface area contributed by atoms with Gasteiger partial charge in [-0.25, -0.2) is 8.78 Å². The molecule has 1 saturated carbocycles. The summed E-state index contributed by atoms with van der Waals surface area (Å²) in [6, 6.07) is 4.00. The van der Waals surface area contributed by atoms with Crippen molar-refractivity contribution < 1.29 is 8.78 Å². The molecule has 0 aliphatic heterocycles. The highest BCUT2D eigenvalue weighted by molar-refractivity contribution is 5.78. The van der Waals surface area contributed by atoms with E-state index in [1.54, 1.807) is 6.08 Å². The van der Waals surface area contributed by atoms with Gasteiger partial charge in [0.15, 0.2) is 5.96 Å². The van der Waals surface area contributed by atoms with Gasteiger partial charge in [0.25, 0.3) is 0 Å². The molecule has 0 unspecified atom stereocenters. The van der Waals surface area contributed by atoms with Crippen LogP contribution in [0.1, 0.15) is 31.2 Å². The highest BCUT2D eigenvalue weighted by Crippen LogP contribution is 2.43. The third kappa shape index (κ3) is 3.40. The molecule has 0 heterocycles. The average molecular weight is 293 g/mol. The number of aliphatic imine (C=N–C) groups is 1. The number of nitrogens with zero attached hydrogens (tertiary/aromatic N) is 1. The van der Waals surface area contributed by atoms with Crippen molar-refractivity contribution in [3.8, 4) is 0 Å². The van der Waals surface area contributed by atoms with Crippen LogP contribution in [0.4, 0.5) is 8.78 Å². The fraction of sp³-hybridized carbons (Fsp3) is 0.438. The Morgan fingerprint density at radius 1 is 1.33 bits per heavy atom. The second-order valence-electron chi connectivity index (χ2n) is 5.46. The van der Waals surface area contributed by atoms with E-state index in [0.29, 0.717) is 13.1 Å². The lowest BCUT2D eigenvalue weighted by atomic mass is 9.78. The van der Waals surface area contributed by atoms with Crippen LogP contribution in [0.25, 0.3) is 0 Å². The zero-order chi connectivity index (χ0) is 15.3. The van der Waals surface area contributed by atoms with Crippen LogP contribution in [0.2, 0.25) is 0 Å². The van der Waals surface area contributed by atoms with Crippen LogP contribution >= 0.6 is 0 Å². The molecule has 0 atom stereocenters. The second-order valence-corrected chi connectivity index (χ2v) is 5.46. The molecule has 0 aromatic heterocycles. The third-order valence-corrected chi connectivity index (χ3v) is 4.03. The molecule has 3 nitrogen and oxygen atoms in total. The lowest BCUT2D eigenvalue weighted by Gasteiger charge is -2.28. The van der Waals surface area contributed by atoms with Gasteiger partial charge in [-0.05, 0) is 25.0 Å². The Bertz CT molecular complexity index is 514. The number of hydrogen-bond acceptors (Lipinski definition) is 1. The van der Waals surface area contributed by atoms with Gasteiger partial charge < -0.3 is 11.1 Å². The molecule has 2 rings (SSSR count). The Morgan fingerprint density at radius 2 is 1.95 bits per heavy atom. The summed E-state index contributed by atoms with van der Waals surface area (Å²) in [5.74, 6) is -0.715. The first-order chi connectivity index (χ1) is 10.1. The molecular formula is C16H21F2N3. The predicted molar refractivity (Wildman–Crippen MR) is 81.2 cm³/mol. The quantitative estimate of drug-likeness (QED) is 0.498. The molecule has 1 aliphatic rings. The number of hydrogen-bond donors (Lipinski definition) is 2. The number of guanidine groups is 1. The normalized spacial score (nSPS) is 17.7. The van der Waals surface area contributed by atoms with Crippen molar-refractivity contribution in [2.75, 3.05) is 13.1 Å². The molecule has 0 bridgehead atoms. The minimum absolute atomic E-state index is 0.155. The van der Waals surface area contributed by atoms with Crippen molar-refractivity contribution in [1.82, 2.24) is 5.32 Å². The van der Waals surface area contributed by atoms with Crippen molar-refractivity contribution in [3.05, 3.63) is 48.1 Å². The largest absolute Gasteiger partial charge is 0.370 e. The molecule has 0 amide bonds. The van der Waals surface area contributed by atoms with Gasteiger partial charge in [-0.3, -0.25) is 4.99 Å². The third-order valence-electron chi connectivity index (χ3n) is 4.03. The molecule has 3 N–H and O–H groups in total. The Labute approximate surface area is 124 Å².